The molecule has 1 aromatic carbocycles. The maximum atomic E-state index is 12.8. The molecule has 1 N–H and O–H groups in total. The number of morpholine rings is 1. The summed E-state index contributed by atoms with van der Waals surface area (Å²) in [5.74, 6) is 1.46. The first kappa shape index (κ1) is 25.1. The Morgan fingerprint density at radius 1 is 1.03 bits per heavy atom. The van der Waals surface area contributed by atoms with Crippen LogP contribution in [0, 0.1) is 11.3 Å². The molecule has 198 valence electrons. The van der Waals surface area contributed by atoms with Crippen molar-refractivity contribution in [2.24, 2.45) is 0 Å². The first-order valence-electron chi connectivity index (χ1n) is 12.5. The summed E-state index contributed by atoms with van der Waals surface area (Å²) in [5.41, 5.74) is 3.03. The number of ether oxygens (including phenoxy) is 1. The van der Waals surface area contributed by atoms with Crippen molar-refractivity contribution >= 4 is 38.3 Å². The molecule has 0 unspecified atom stereocenters. The van der Waals surface area contributed by atoms with Crippen molar-refractivity contribution in [1.82, 2.24) is 24.8 Å². The Balaban J connectivity index is 1.33. The summed E-state index contributed by atoms with van der Waals surface area (Å²) in [7, 11) is 0. The molecular formula is C26H26F3N7OS. The molecule has 2 aliphatic heterocycles. The van der Waals surface area contributed by atoms with E-state index in [1.54, 1.807) is 11.3 Å². The molecule has 6 rings (SSSR count). The lowest BCUT2D eigenvalue weighted by atomic mass is 10.1. The van der Waals surface area contributed by atoms with Gasteiger partial charge >= 0.3 is 6.18 Å². The number of piperazine rings is 1. The Morgan fingerprint density at radius 2 is 1.79 bits per heavy atom. The highest BCUT2D eigenvalue weighted by Crippen LogP contribution is 2.36. The zero-order valence-electron chi connectivity index (χ0n) is 20.6. The third-order valence-electron chi connectivity index (χ3n) is 6.99. The summed E-state index contributed by atoms with van der Waals surface area (Å²) < 4.78 is 44.8. The van der Waals surface area contributed by atoms with Crippen LogP contribution in [0.4, 0.5) is 19.0 Å². The number of rotatable bonds is 5. The molecule has 0 amide bonds. The van der Waals surface area contributed by atoms with Crippen LogP contribution in [0.3, 0.4) is 0 Å². The molecule has 0 bridgehead atoms. The number of nitrogens with zero attached hydrogens (tertiary/aromatic N) is 6. The SMILES string of the molecule is N#Cc1cc2c(-c3nc(N4CCOCC4)c4sc(CN5CCN(CC(F)(F)F)CC5)cc4n3)cccc2[nH]1. The molecule has 5 heterocycles. The van der Waals surface area contributed by atoms with Crippen LogP contribution in [-0.2, 0) is 11.3 Å². The van der Waals surface area contributed by atoms with Gasteiger partial charge in [0, 0.05) is 67.2 Å². The molecule has 2 aliphatic rings. The normalized spacial score (nSPS) is 17.9. The van der Waals surface area contributed by atoms with Gasteiger partial charge in [-0.1, -0.05) is 12.1 Å². The smallest absolute Gasteiger partial charge is 0.378 e. The van der Waals surface area contributed by atoms with Crippen molar-refractivity contribution in [3.05, 3.63) is 40.9 Å². The van der Waals surface area contributed by atoms with Gasteiger partial charge in [-0.2, -0.15) is 18.4 Å². The van der Waals surface area contributed by atoms with Gasteiger partial charge in [-0.05, 0) is 18.2 Å². The summed E-state index contributed by atoms with van der Waals surface area (Å²) in [6.07, 6.45) is -4.17. The van der Waals surface area contributed by atoms with Gasteiger partial charge in [-0.25, -0.2) is 9.97 Å². The van der Waals surface area contributed by atoms with Gasteiger partial charge in [-0.3, -0.25) is 9.80 Å². The van der Waals surface area contributed by atoms with E-state index in [-0.39, 0.29) is 0 Å². The first-order valence-corrected chi connectivity index (χ1v) is 13.3. The number of H-pyrrole nitrogens is 1. The Hall–Kier alpha value is -3.24. The monoisotopic (exact) mass is 541 g/mol. The van der Waals surface area contributed by atoms with Gasteiger partial charge in [0.05, 0.1) is 30.0 Å². The minimum atomic E-state index is -4.17. The number of thiophene rings is 1. The third kappa shape index (κ3) is 5.19. The average Bonchev–Trinajstić information content (AvgIpc) is 3.52. The number of halogens is 3. The Labute approximate surface area is 221 Å². The zero-order valence-corrected chi connectivity index (χ0v) is 21.4. The molecule has 2 fully saturated rings. The van der Waals surface area contributed by atoms with Crippen molar-refractivity contribution in [2.45, 2.75) is 12.7 Å². The topological polar surface area (TPSA) is 84.3 Å². The Bertz CT molecular complexity index is 1490. The van der Waals surface area contributed by atoms with E-state index in [0.29, 0.717) is 57.5 Å². The molecule has 0 aliphatic carbocycles. The number of alkyl halides is 3. The second kappa shape index (κ2) is 10.1. The summed E-state index contributed by atoms with van der Waals surface area (Å²) in [5, 5.41) is 10.3. The standard InChI is InChI=1S/C26H26F3N7OS/c27-26(28,29)16-35-6-4-34(5-7-35)15-18-13-22-23(38-18)25(36-8-10-37-11-9-36)33-24(32-22)19-2-1-3-21-20(19)12-17(14-30)31-21/h1-3,12-13,31H,4-11,15-16H2. The fraction of sp³-hybridized carbons (Fsp3) is 0.423. The van der Waals surface area contributed by atoms with E-state index in [2.05, 4.69) is 26.9 Å². The number of aromatic nitrogens is 3. The van der Waals surface area contributed by atoms with Crippen LogP contribution in [-0.4, -0.2) is 90.0 Å². The van der Waals surface area contributed by atoms with Crippen molar-refractivity contribution in [3.63, 3.8) is 0 Å². The van der Waals surface area contributed by atoms with Gasteiger partial charge in [-0.15, -0.1) is 11.3 Å². The predicted octanol–water partition coefficient (Wildman–Crippen LogP) is 4.23. The van der Waals surface area contributed by atoms with Gasteiger partial charge in [0.15, 0.2) is 11.6 Å². The minimum absolute atomic E-state index is 0.402. The van der Waals surface area contributed by atoms with E-state index >= 15 is 0 Å². The maximum absolute atomic E-state index is 12.8. The number of nitrogens with one attached hydrogen (secondary N) is 1. The highest BCUT2D eigenvalue weighted by molar-refractivity contribution is 7.19. The lowest BCUT2D eigenvalue weighted by molar-refractivity contribution is -0.149. The summed E-state index contributed by atoms with van der Waals surface area (Å²) >= 11 is 1.65. The average molecular weight is 542 g/mol. The molecule has 0 radical (unpaired) electrons. The van der Waals surface area contributed by atoms with E-state index in [1.165, 1.54) is 4.90 Å². The van der Waals surface area contributed by atoms with Crippen molar-refractivity contribution < 1.29 is 17.9 Å². The molecule has 38 heavy (non-hydrogen) atoms. The van der Waals surface area contributed by atoms with E-state index in [4.69, 9.17) is 14.7 Å². The van der Waals surface area contributed by atoms with Crippen molar-refractivity contribution in [3.8, 4) is 17.5 Å². The summed E-state index contributed by atoms with van der Waals surface area (Å²) in [6, 6.07) is 11.9. The molecular weight excluding hydrogens is 515 g/mol. The van der Waals surface area contributed by atoms with Crippen molar-refractivity contribution in [1.29, 1.82) is 5.26 Å². The second-order valence-corrected chi connectivity index (χ2v) is 10.8. The van der Waals surface area contributed by atoms with Crippen LogP contribution >= 0.6 is 11.3 Å². The largest absolute Gasteiger partial charge is 0.401 e. The highest BCUT2D eigenvalue weighted by Gasteiger charge is 2.32. The number of nitriles is 1. The van der Waals surface area contributed by atoms with Crippen molar-refractivity contribution in [2.75, 3.05) is 63.9 Å². The first-order chi connectivity index (χ1) is 18.4. The molecule has 2 saturated heterocycles. The molecule has 3 aromatic heterocycles. The summed E-state index contributed by atoms with van der Waals surface area (Å²) in [4.78, 5) is 20.1. The van der Waals surface area contributed by atoms with Gasteiger partial charge in [0.2, 0.25) is 0 Å². The van der Waals surface area contributed by atoms with Crippen LogP contribution < -0.4 is 4.90 Å². The fourth-order valence-corrected chi connectivity index (χ4v) is 6.30. The molecule has 0 atom stereocenters. The number of aromatic amines is 1. The number of fused-ring (bicyclic) bond motifs is 2. The van der Waals surface area contributed by atoms with E-state index in [0.717, 1.165) is 50.5 Å². The molecule has 12 heteroatoms. The lowest BCUT2D eigenvalue weighted by Crippen LogP contribution is -2.48. The van der Waals surface area contributed by atoms with E-state index < -0.39 is 12.7 Å². The molecule has 0 spiro atoms. The maximum Gasteiger partial charge on any atom is 0.401 e. The van der Waals surface area contributed by atoms with Crippen LogP contribution in [0.15, 0.2) is 30.3 Å². The molecule has 0 saturated carbocycles. The highest BCUT2D eigenvalue weighted by atomic mass is 32.1. The van der Waals surface area contributed by atoms with Gasteiger partial charge < -0.3 is 14.6 Å². The van der Waals surface area contributed by atoms with Gasteiger partial charge in [0.25, 0.3) is 0 Å². The van der Waals surface area contributed by atoms with Crippen LogP contribution in [0.2, 0.25) is 0 Å². The quantitative estimate of drug-likeness (QED) is 0.405. The summed E-state index contributed by atoms with van der Waals surface area (Å²) in [6.45, 7) is 4.51. The number of hydrogen-bond acceptors (Lipinski definition) is 8. The zero-order chi connectivity index (χ0) is 26.3. The molecule has 8 nitrogen and oxygen atoms in total. The fourth-order valence-electron chi connectivity index (χ4n) is 5.14. The number of hydrogen-bond donors (Lipinski definition) is 1. The van der Waals surface area contributed by atoms with Gasteiger partial charge in [0.1, 0.15) is 11.8 Å². The van der Waals surface area contributed by atoms with Crippen LogP contribution in [0.5, 0.6) is 0 Å². The minimum Gasteiger partial charge on any atom is -0.378 e. The number of benzene rings is 1. The van der Waals surface area contributed by atoms with E-state index in [9.17, 15) is 18.4 Å². The van der Waals surface area contributed by atoms with Crippen LogP contribution in [0.25, 0.3) is 32.5 Å². The molecule has 4 aromatic rings. The number of anilines is 1. The van der Waals surface area contributed by atoms with Crippen LogP contribution in [0.1, 0.15) is 10.6 Å². The second-order valence-electron chi connectivity index (χ2n) is 9.63. The third-order valence-corrected chi connectivity index (χ3v) is 8.09. The van der Waals surface area contributed by atoms with E-state index in [1.807, 2.05) is 24.3 Å². The predicted molar refractivity (Wildman–Crippen MR) is 140 cm³/mol. The Morgan fingerprint density at radius 3 is 2.53 bits per heavy atom. The lowest BCUT2D eigenvalue weighted by Gasteiger charge is -2.34. The Kier molecular flexibility index (Phi) is 6.69.